The van der Waals surface area contributed by atoms with Gasteiger partial charge in [0.05, 0.1) is 13.2 Å². The van der Waals surface area contributed by atoms with Gasteiger partial charge in [0.2, 0.25) is 0 Å². The summed E-state index contributed by atoms with van der Waals surface area (Å²) in [5.74, 6) is 0. The number of aliphatic hydroxyl groups is 1. The Morgan fingerprint density at radius 3 is 2.35 bits per heavy atom. The second-order valence-corrected chi connectivity index (χ2v) is 6.10. The highest BCUT2D eigenvalue weighted by Crippen LogP contribution is 2.32. The molecule has 0 spiro atoms. The van der Waals surface area contributed by atoms with Gasteiger partial charge in [-0.25, -0.2) is 0 Å². The molecule has 102 valence electrons. The molecule has 1 rings (SSSR count). The predicted molar refractivity (Wildman–Crippen MR) is 69.9 cm³/mol. The lowest BCUT2D eigenvalue weighted by Crippen LogP contribution is -2.56. The van der Waals surface area contributed by atoms with Crippen LogP contribution in [0.4, 0.5) is 0 Å². The molecule has 2 atom stereocenters. The summed E-state index contributed by atoms with van der Waals surface area (Å²) in [5, 5.41) is 9.64. The molecular weight excluding hydrogens is 216 g/mol. The van der Waals surface area contributed by atoms with E-state index in [1.165, 1.54) is 12.8 Å². The van der Waals surface area contributed by atoms with E-state index in [9.17, 15) is 5.11 Å². The minimum atomic E-state index is -0.0232. The SMILES string of the molecule is COCCN(C1CC1)C(CO)C(N)C(C)(C)C. The van der Waals surface area contributed by atoms with E-state index in [-0.39, 0.29) is 24.1 Å². The summed E-state index contributed by atoms with van der Waals surface area (Å²) in [7, 11) is 1.71. The zero-order valence-corrected chi connectivity index (χ0v) is 11.6. The van der Waals surface area contributed by atoms with Crippen LogP contribution in [0.1, 0.15) is 33.6 Å². The van der Waals surface area contributed by atoms with Crippen LogP contribution in [0, 0.1) is 5.41 Å². The quantitative estimate of drug-likeness (QED) is 0.696. The fourth-order valence-corrected chi connectivity index (χ4v) is 2.22. The Morgan fingerprint density at radius 1 is 1.41 bits per heavy atom. The average molecular weight is 244 g/mol. The van der Waals surface area contributed by atoms with Gasteiger partial charge in [-0.2, -0.15) is 0 Å². The number of hydrogen-bond acceptors (Lipinski definition) is 4. The average Bonchev–Trinajstić information content (AvgIpc) is 3.06. The van der Waals surface area contributed by atoms with Crippen molar-refractivity contribution in [1.29, 1.82) is 0 Å². The van der Waals surface area contributed by atoms with Crippen molar-refractivity contribution in [1.82, 2.24) is 4.90 Å². The van der Waals surface area contributed by atoms with E-state index in [2.05, 4.69) is 25.7 Å². The zero-order chi connectivity index (χ0) is 13.1. The molecule has 4 heteroatoms. The number of rotatable bonds is 7. The highest BCUT2D eigenvalue weighted by atomic mass is 16.5. The number of hydrogen-bond donors (Lipinski definition) is 2. The van der Waals surface area contributed by atoms with Gasteiger partial charge in [0.15, 0.2) is 0 Å². The standard InChI is InChI=1S/C13H28N2O2/c1-13(2,3)12(14)11(9-16)15(7-8-17-4)10-5-6-10/h10-12,16H,5-9,14H2,1-4H3. The van der Waals surface area contributed by atoms with Crippen molar-refractivity contribution in [2.45, 2.75) is 51.7 Å². The van der Waals surface area contributed by atoms with E-state index in [0.29, 0.717) is 12.6 Å². The summed E-state index contributed by atoms with van der Waals surface area (Å²) in [6.45, 7) is 8.06. The molecule has 0 aromatic rings. The van der Waals surface area contributed by atoms with E-state index in [1.54, 1.807) is 7.11 Å². The Kier molecular flexibility index (Phi) is 5.38. The predicted octanol–water partition coefficient (Wildman–Crippen LogP) is 0.832. The van der Waals surface area contributed by atoms with Gasteiger partial charge in [-0.05, 0) is 18.3 Å². The molecule has 0 amide bonds. The van der Waals surface area contributed by atoms with Gasteiger partial charge in [0, 0.05) is 31.8 Å². The van der Waals surface area contributed by atoms with Crippen LogP contribution in [0.2, 0.25) is 0 Å². The summed E-state index contributed by atoms with van der Waals surface area (Å²) >= 11 is 0. The van der Waals surface area contributed by atoms with Crippen LogP contribution in [0.3, 0.4) is 0 Å². The summed E-state index contributed by atoms with van der Waals surface area (Å²) in [5.41, 5.74) is 6.31. The summed E-state index contributed by atoms with van der Waals surface area (Å²) in [6.07, 6.45) is 2.44. The number of aliphatic hydroxyl groups excluding tert-OH is 1. The van der Waals surface area contributed by atoms with Crippen LogP contribution in [0.5, 0.6) is 0 Å². The molecule has 1 aliphatic carbocycles. The fourth-order valence-electron chi connectivity index (χ4n) is 2.22. The Balaban J connectivity index is 2.67. The minimum absolute atomic E-state index is 0.00755. The maximum absolute atomic E-state index is 9.64. The molecule has 0 radical (unpaired) electrons. The van der Waals surface area contributed by atoms with Crippen molar-refractivity contribution < 1.29 is 9.84 Å². The second kappa shape index (κ2) is 6.14. The van der Waals surface area contributed by atoms with Crippen molar-refractivity contribution in [2.24, 2.45) is 11.1 Å². The lowest BCUT2D eigenvalue weighted by Gasteiger charge is -2.40. The van der Waals surface area contributed by atoms with E-state index >= 15 is 0 Å². The van der Waals surface area contributed by atoms with E-state index < -0.39 is 0 Å². The summed E-state index contributed by atoms with van der Waals surface area (Å²) in [6, 6.07) is 0.610. The monoisotopic (exact) mass is 244 g/mol. The van der Waals surface area contributed by atoms with Crippen LogP contribution < -0.4 is 5.73 Å². The van der Waals surface area contributed by atoms with Crippen molar-refractivity contribution in [2.75, 3.05) is 26.9 Å². The molecule has 0 heterocycles. The van der Waals surface area contributed by atoms with Gasteiger partial charge in [0.25, 0.3) is 0 Å². The van der Waals surface area contributed by atoms with Gasteiger partial charge in [-0.3, -0.25) is 4.90 Å². The first-order valence-electron chi connectivity index (χ1n) is 6.53. The first kappa shape index (κ1) is 14.9. The number of ether oxygens (including phenoxy) is 1. The van der Waals surface area contributed by atoms with Gasteiger partial charge < -0.3 is 15.6 Å². The molecule has 1 saturated carbocycles. The van der Waals surface area contributed by atoms with Crippen LogP contribution in [0.25, 0.3) is 0 Å². The molecule has 1 aliphatic rings. The molecule has 0 saturated heterocycles. The molecule has 3 N–H and O–H groups in total. The third-order valence-electron chi connectivity index (χ3n) is 3.60. The van der Waals surface area contributed by atoms with Crippen LogP contribution in [0.15, 0.2) is 0 Å². The first-order valence-corrected chi connectivity index (χ1v) is 6.53. The Morgan fingerprint density at radius 2 is 2.00 bits per heavy atom. The molecule has 0 aromatic heterocycles. The van der Waals surface area contributed by atoms with Gasteiger partial charge in [0.1, 0.15) is 0 Å². The number of nitrogens with two attached hydrogens (primary N) is 1. The molecule has 17 heavy (non-hydrogen) atoms. The fraction of sp³-hybridized carbons (Fsp3) is 1.00. The molecule has 0 bridgehead atoms. The Bertz CT molecular complexity index is 224. The largest absolute Gasteiger partial charge is 0.395 e. The topological polar surface area (TPSA) is 58.7 Å². The number of nitrogens with zero attached hydrogens (tertiary/aromatic N) is 1. The maximum Gasteiger partial charge on any atom is 0.0602 e. The zero-order valence-electron chi connectivity index (χ0n) is 11.6. The molecule has 1 fully saturated rings. The van der Waals surface area contributed by atoms with Crippen molar-refractivity contribution >= 4 is 0 Å². The molecular formula is C13H28N2O2. The van der Waals surface area contributed by atoms with Crippen molar-refractivity contribution in [3.8, 4) is 0 Å². The van der Waals surface area contributed by atoms with E-state index in [4.69, 9.17) is 10.5 Å². The number of methoxy groups -OCH3 is 1. The van der Waals surface area contributed by atoms with Crippen molar-refractivity contribution in [3.63, 3.8) is 0 Å². The maximum atomic E-state index is 9.64. The summed E-state index contributed by atoms with van der Waals surface area (Å²) < 4.78 is 5.15. The Labute approximate surface area is 105 Å². The third kappa shape index (κ3) is 4.21. The molecule has 4 nitrogen and oxygen atoms in total. The van der Waals surface area contributed by atoms with Crippen LogP contribution in [-0.2, 0) is 4.74 Å². The molecule has 0 aliphatic heterocycles. The third-order valence-corrected chi connectivity index (χ3v) is 3.60. The van der Waals surface area contributed by atoms with Gasteiger partial charge >= 0.3 is 0 Å². The van der Waals surface area contributed by atoms with Crippen LogP contribution >= 0.6 is 0 Å². The lowest BCUT2D eigenvalue weighted by atomic mass is 9.82. The highest BCUT2D eigenvalue weighted by molar-refractivity contribution is 4.96. The van der Waals surface area contributed by atoms with Gasteiger partial charge in [-0.1, -0.05) is 20.8 Å². The van der Waals surface area contributed by atoms with Crippen LogP contribution in [-0.4, -0.2) is 55.0 Å². The Hall–Kier alpha value is -0.160. The van der Waals surface area contributed by atoms with Crippen molar-refractivity contribution in [3.05, 3.63) is 0 Å². The summed E-state index contributed by atoms with van der Waals surface area (Å²) in [4.78, 5) is 2.33. The molecule has 2 unspecified atom stereocenters. The van der Waals surface area contributed by atoms with E-state index in [1.807, 2.05) is 0 Å². The highest BCUT2D eigenvalue weighted by Gasteiger charge is 2.39. The van der Waals surface area contributed by atoms with E-state index in [0.717, 1.165) is 6.54 Å². The normalized spacial score (nSPS) is 20.6. The van der Waals surface area contributed by atoms with Gasteiger partial charge in [-0.15, -0.1) is 0 Å². The minimum Gasteiger partial charge on any atom is -0.395 e. The molecule has 0 aromatic carbocycles. The first-order chi connectivity index (χ1) is 7.91. The lowest BCUT2D eigenvalue weighted by molar-refractivity contribution is 0.0449. The second-order valence-electron chi connectivity index (χ2n) is 6.10. The smallest absolute Gasteiger partial charge is 0.0602 e.